The second-order valence-corrected chi connectivity index (χ2v) is 5.20. The molecular weight excluding hydrogens is 304 g/mol. The predicted octanol–water partition coefficient (Wildman–Crippen LogP) is 1.78. The Balaban J connectivity index is 3.11. The molecule has 0 amide bonds. The van der Waals surface area contributed by atoms with E-state index in [0.29, 0.717) is 11.1 Å². The van der Waals surface area contributed by atoms with Gasteiger partial charge in [-0.1, -0.05) is 0 Å². The third-order valence-electron chi connectivity index (χ3n) is 2.95. The van der Waals surface area contributed by atoms with Gasteiger partial charge in [0.25, 0.3) is 0 Å². The van der Waals surface area contributed by atoms with Crippen LogP contribution in [0.3, 0.4) is 0 Å². The lowest BCUT2D eigenvalue weighted by atomic mass is 10.1. The molecule has 0 spiro atoms. The van der Waals surface area contributed by atoms with Crippen LogP contribution in [-0.2, 0) is 19.2 Å². The third-order valence-corrected chi connectivity index (χ3v) is 2.95. The number of hydrogen-bond acceptors (Lipinski definition) is 7. The number of hydrogen-bond donors (Lipinski definition) is 1. The molecule has 23 heavy (non-hydrogen) atoms. The van der Waals surface area contributed by atoms with Crippen LogP contribution < -0.4 is 9.47 Å². The molecule has 0 fully saturated rings. The highest BCUT2D eigenvalue weighted by Crippen LogP contribution is 2.41. The van der Waals surface area contributed by atoms with Crippen LogP contribution in [0, 0.1) is 13.8 Å². The van der Waals surface area contributed by atoms with Crippen LogP contribution in [0.4, 0.5) is 0 Å². The van der Waals surface area contributed by atoms with Crippen LogP contribution in [0.5, 0.6) is 17.2 Å². The zero-order valence-corrected chi connectivity index (χ0v) is 13.4. The average molecular weight is 322 g/mol. The van der Waals surface area contributed by atoms with Gasteiger partial charge in [0.05, 0.1) is 0 Å². The zero-order valence-electron chi connectivity index (χ0n) is 13.4. The predicted molar refractivity (Wildman–Crippen MR) is 79.4 cm³/mol. The van der Waals surface area contributed by atoms with E-state index in [1.54, 1.807) is 13.8 Å². The highest BCUT2D eigenvalue weighted by Gasteiger charge is 2.21. The van der Waals surface area contributed by atoms with Crippen molar-refractivity contribution in [3.63, 3.8) is 0 Å². The van der Waals surface area contributed by atoms with E-state index < -0.39 is 30.5 Å². The van der Waals surface area contributed by atoms with Gasteiger partial charge in [0.1, 0.15) is 24.4 Å². The van der Waals surface area contributed by atoms with Gasteiger partial charge in [-0.2, -0.15) is 0 Å². The summed E-state index contributed by atoms with van der Waals surface area (Å²) >= 11 is 0. The molecule has 1 rings (SSSR count). The third kappa shape index (κ3) is 5.21. The minimum atomic E-state index is -0.836. The van der Waals surface area contributed by atoms with Gasteiger partial charge in [0, 0.05) is 0 Å². The number of phenolic OH excluding ortho intramolecular Hbond substituents is 1. The number of rotatable bonds is 6. The van der Waals surface area contributed by atoms with E-state index in [9.17, 15) is 24.3 Å². The molecule has 124 valence electrons. The number of carbonyl (C=O) groups excluding carboxylic acids is 4. The maximum absolute atomic E-state index is 11.6. The number of aryl methyl sites for hydroxylation is 1. The molecule has 1 N–H and O–H groups in total. The van der Waals surface area contributed by atoms with Crippen molar-refractivity contribution in [3.8, 4) is 17.2 Å². The number of carbonyl (C=O) groups is 4. The highest BCUT2D eigenvalue weighted by atomic mass is 16.6. The lowest BCUT2D eigenvalue weighted by Crippen LogP contribution is -2.14. The summed E-state index contributed by atoms with van der Waals surface area (Å²) in [6.45, 7) is 5.74. The first-order chi connectivity index (χ1) is 10.6. The van der Waals surface area contributed by atoms with Crippen LogP contribution in [-0.4, -0.2) is 28.6 Å². The molecule has 0 aliphatic heterocycles. The molecule has 1 aromatic carbocycles. The molecule has 0 saturated carbocycles. The fraction of sp³-hybridized carbons (Fsp3) is 0.375. The fourth-order valence-electron chi connectivity index (χ4n) is 1.76. The summed E-state index contributed by atoms with van der Waals surface area (Å²) in [5.74, 6) is -3.37. The maximum Gasteiger partial charge on any atom is 0.318 e. The Morgan fingerprint density at radius 1 is 0.957 bits per heavy atom. The number of ether oxygens (including phenoxy) is 2. The Bertz CT molecular complexity index is 673. The van der Waals surface area contributed by atoms with Crippen molar-refractivity contribution in [2.24, 2.45) is 0 Å². The Morgan fingerprint density at radius 2 is 1.43 bits per heavy atom. The molecule has 0 aromatic heterocycles. The van der Waals surface area contributed by atoms with Crippen molar-refractivity contribution in [2.45, 2.75) is 40.5 Å². The first-order valence-electron chi connectivity index (χ1n) is 6.85. The van der Waals surface area contributed by atoms with Crippen molar-refractivity contribution in [1.29, 1.82) is 0 Å². The summed E-state index contributed by atoms with van der Waals surface area (Å²) in [6, 6.07) is 1.39. The molecule has 0 aliphatic carbocycles. The van der Waals surface area contributed by atoms with Crippen LogP contribution in [0.25, 0.3) is 0 Å². The first kappa shape index (κ1) is 18.3. The van der Waals surface area contributed by atoms with Crippen molar-refractivity contribution in [1.82, 2.24) is 0 Å². The standard InChI is InChI=1S/C16H18O7/c1-8-5-12(22-13(19)6-9(2)17)15(21)16(11(8)4)23-14(20)7-10(3)18/h5,21H,6-7H2,1-4H3. The topological polar surface area (TPSA) is 107 Å². The van der Waals surface area contributed by atoms with Gasteiger partial charge in [-0.3, -0.25) is 19.2 Å². The summed E-state index contributed by atoms with van der Waals surface area (Å²) in [6.07, 6.45) is -0.877. The SMILES string of the molecule is CC(=O)CC(=O)Oc1cc(C)c(C)c(OC(=O)CC(C)=O)c1O. The number of benzene rings is 1. The lowest BCUT2D eigenvalue weighted by Gasteiger charge is -2.14. The summed E-state index contributed by atoms with van der Waals surface area (Å²) in [7, 11) is 0. The van der Waals surface area contributed by atoms with E-state index in [0.717, 1.165) is 0 Å². The molecule has 7 heteroatoms. The average Bonchev–Trinajstić information content (AvgIpc) is 2.39. The summed E-state index contributed by atoms with van der Waals surface area (Å²) < 4.78 is 9.93. The number of aromatic hydroxyl groups is 1. The minimum Gasteiger partial charge on any atom is -0.502 e. The number of esters is 2. The normalized spacial score (nSPS) is 10.1. The molecule has 0 bridgehead atoms. The van der Waals surface area contributed by atoms with E-state index in [4.69, 9.17) is 9.47 Å². The summed E-state index contributed by atoms with van der Waals surface area (Å²) in [4.78, 5) is 45.0. The van der Waals surface area contributed by atoms with E-state index in [-0.39, 0.29) is 23.1 Å². The van der Waals surface area contributed by atoms with E-state index in [1.165, 1.54) is 19.9 Å². The van der Waals surface area contributed by atoms with Crippen LogP contribution in [0.15, 0.2) is 6.07 Å². The fourth-order valence-corrected chi connectivity index (χ4v) is 1.76. The highest BCUT2D eigenvalue weighted by molar-refractivity contribution is 5.96. The molecule has 0 radical (unpaired) electrons. The largest absolute Gasteiger partial charge is 0.502 e. The van der Waals surface area contributed by atoms with Gasteiger partial charge in [-0.15, -0.1) is 0 Å². The van der Waals surface area contributed by atoms with E-state index >= 15 is 0 Å². The van der Waals surface area contributed by atoms with Crippen LogP contribution in [0.2, 0.25) is 0 Å². The molecular formula is C16H18O7. The van der Waals surface area contributed by atoms with Crippen molar-refractivity contribution in [2.75, 3.05) is 0 Å². The minimum absolute atomic E-state index is 0.179. The second kappa shape index (κ2) is 7.53. The van der Waals surface area contributed by atoms with Crippen molar-refractivity contribution in [3.05, 3.63) is 17.2 Å². The maximum atomic E-state index is 11.6. The number of Topliss-reactive ketones (excluding diaryl/α,β-unsaturated/α-hetero) is 2. The molecule has 0 heterocycles. The van der Waals surface area contributed by atoms with Crippen molar-refractivity contribution >= 4 is 23.5 Å². The van der Waals surface area contributed by atoms with Gasteiger partial charge in [-0.05, 0) is 44.9 Å². The van der Waals surface area contributed by atoms with Gasteiger partial charge in [0.15, 0.2) is 11.5 Å². The summed E-state index contributed by atoms with van der Waals surface area (Å²) in [5.41, 5.74) is 1.06. The van der Waals surface area contributed by atoms with Crippen LogP contribution >= 0.6 is 0 Å². The smallest absolute Gasteiger partial charge is 0.318 e. The van der Waals surface area contributed by atoms with Gasteiger partial charge in [-0.25, -0.2) is 0 Å². The first-order valence-corrected chi connectivity index (χ1v) is 6.85. The monoisotopic (exact) mass is 322 g/mol. The summed E-state index contributed by atoms with van der Waals surface area (Å²) in [5, 5.41) is 10.1. The Labute approximate surface area is 133 Å². The molecule has 0 aliphatic rings. The Kier molecular flexibility index (Phi) is 6.01. The number of phenols is 1. The van der Waals surface area contributed by atoms with Crippen LogP contribution in [0.1, 0.15) is 37.8 Å². The number of ketones is 2. The van der Waals surface area contributed by atoms with Gasteiger partial charge >= 0.3 is 11.9 Å². The Hall–Kier alpha value is -2.70. The molecule has 1 aromatic rings. The van der Waals surface area contributed by atoms with Gasteiger partial charge in [0.2, 0.25) is 5.75 Å². The molecule has 7 nitrogen and oxygen atoms in total. The van der Waals surface area contributed by atoms with E-state index in [1.807, 2.05) is 0 Å². The quantitative estimate of drug-likeness (QED) is 0.483. The molecule has 0 saturated heterocycles. The van der Waals surface area contributed by atoms with E-state index in [2.05, 4.69) is 0 Å². The second-order valence-electron chi connectivity index (χ2n) is 5.20. The zero-order chi connectivity index (χ0) is 17.7. The van der Waals surface area contributed by atoms with Crippen molar-refractivity contribution < 1.29 is 33.8 Å². The van der Waals surface area contributed by atoms with Gasteiger partial charge < -0.3 is 14.6 Å². The lowest BCUT2D eigenvalue weighted by molar-refractivity contribution is -0.138. The molecule has 0 unspecified atom stereocenters. The Morgan fingerprint density at radius 3 is 1.91 bits per heavy atom. The molecule has 0 atom stereocenters.